The number of hydrogen-bond donors (Lipinski definition) is 3. The van der Waals surface area contributed by atoms with E-state index in [0.717, 1.165) is 35.7 Å². The van der Waals surface area contributed by atoms with Crippen molar-refractivity contribution >= 4 is 29.3 Å². The van der Waals surface area contributed by atoms with Gasteiger partial charge < -0.3 is 16.0 Å². The highest BCUT2D eigenvalue weighted by atomic mass is 32.2. The molecule has 5 nitrogen and oxygen atoms in total. The van der Waals surface area contributed by atoms with Gasteiger partial charge in [-0.25, -0.2) is 0 Å². The van der Waals surface area contributed by atoms with Crippen molar-refractivity contribution in [3.63, 3.8) is 0 Å². The Morgan fingerprint density at radius 3 is 3.09 bits per heavy atom. The van der Waals surface area contributed by atoms with Crippen molar-refractivity contribution in [3.05, 3.63) is 23.8 Å². The molecule has 1 fully saturated rings. The zero-order valence-corrected chi connectivity index (χ0v) is 13.5. The normalized spacial score (nSPS) is 24.9. The summed E-state index contributed by atoms with van der Waals surface area (Å²) in [5, 5.41) is 9.36. The number of carbonyl (C=O) groups excluding carboxylic acids is 2. The van der Waals surface area contributed by atoms with Crippen LogP contribution in [0.4, 0.5) is 5.69 Å². The quantitative estimate of drug-likeness (QED) is 0.780. The van der Waals surface area contributed by atoms with Crippen LogP contribution in [0.1, 0.15) is 36.5 Å². The van der Waals surface area contributed by atoms with E-state index >= 15 is 0 Å². The number of carbonyl (C=O) groups is 2. The summed E-state index contributed by atoms with van der Waals surface area (Å²) in [6.45, 7) is 3.07. The number of rotatable bonds is 2. The van der Waals surface area contributed by atoms with Gasteiger partial charge in [0.15, 0.2) is 0 Å². The molecular formula is C16H21N3O2S. The van der Waals surface area contributed by atoms with Gasteiger partial charge in [0.2, 0.25) is 5.91 Å². The Hall–Kier alpha value is -1.53. The predicted molar refractivity (Wildman–Crippen MR) is 88.4 cm³/mol. The Bertz CT molecular complexity index is 591. The molecule has 0 aromatic heterocycles. The van der Waals surface area contributed by atoms with Gasteiger partial charge in [0, 0.05) is 34.7 Å². The maximum atomic E-state index is 12.4. The minimum absolute atomic E-state index is 0.0102. The zero-order chi connectivity index (χ0) is 15.5. The summed E-state index contributed by atoms with van der Waals surface area (Å²) in [5.41, 5.74) is 1.35. The van der Waals surface area contributed by atoms with Gasteiger partial charge in [-0.15, -0.1) is 11.8 Å². The van der Waals surface area contributed by atoms with Crippen LogP contribution < -0.4 is 16.0 Å². The molecule has 2 aliphatic heterocycles. The van der Waals surface area contributed by atoms with Crippen molar-refractivity contribution in [3.8, 4) is 0 Å². The third-order valence-electron chi connectivity index (χ3n) is 4.06. The highest BCUT2D eigenvalue weighted by Crippen LogP contribution is 2.31. The average Bonchev–Trinajstić information content (AvgIpc) is 2.67. The fourth-order valence-corrected chi connectivity index (χ4v) is 3.83. The van der Waals surface area contributed by atoms with Crippen LogP contribution in [0.25, 0.3) is 0 Å². The molecule has 1 aromatic rings. The van der Waals surface area contributed by atoms with E-state index in [1.807, 2.05) is 12.1 Å². The van der Waals surface area contributed by atoms with Crippen LogP contribution in [-0.2, 0) is 4.79 Å². The molecule has 2 atom stereocenters. The molecule has 2 unspecified atom stereocenters. The van der Waals surface area contributed by atoms with Gasteiger partial charge in [-0.2, -0.15) is 0 Å². The van der Waals surface area contributed by atoms with Gasteiger partial charge in [0.25, 0.3) is 5.91 Å². The topological polar surface area (TPSA) is 70.2 Å². The number of hydrogen-bond acceptors (Lipinski definition) is 4. The maximum absolute atomic E-state index is 12.4. The van der Waals surface area contributed by atoms with Gasteiger partial charge in [0.1, 0.15) is 0 Å². The second-order valence-electron chi connectivity index (χ2n) is 5.91. The molecule has 2 amide bonds. The van der Waals surface area contributed by atoms with Gasteiger partial charge in [-0.05, 0) is 44.5 Å². The Kier molecular flexibility index (Phi) is 4.69. The van der Waals surface area contributed by atoms with Crippen molar-refractivity contribution in [1.82, 2.24) is 10.6 Å². The second-order valence-corrected chi connectivity index (χ2v) is 7.04. The minimum atomic E-state index is -0.0644. The van der Waals surface area contributed by atoms with Gasteiger partial charge in [0.05, 0.1) is 5.69 Å². The van der Waals surface area contributed by atoms with Gasteiger partial charge >= 0.3 is 0 Å². The first-order valence-electron chi connectivity index (χ1n) is 7.73. The van der Waals surface area contributed by atoms with Crippen LogP contribution in [0.15, 0.2) is 23.1 Å². The average molecular weight is 319 g/mol. The molecule has 3 rings (SSSR count). The Morgan fingerprint density at radius 2 is 2.27 bits per heavy atom. The molecule has 3 N–H and O–H groups in total. The van der Waals surface area contributed by atoms with E-state index in [0.29, 0.717) is 18.0 Å². The molecule has 22 heavy (non-hydrogen) atoms. The van der Waals surface area contributed by atoms with E-state index in [2.05, 4.69) is 22.9 Å². The summed E-state index contributed by atoms with van der Waals surface area (Å²) in [5.74, 6) is 0.721. The van der Waals surface area contributed by atoms with Crippen molar-refractivity contribution in [2.75, 3.05) is 17.6 Å². The molecule has 0 saturated carbocycles. The van der Waals surface area contributed by atoms with Crippen molar-refractivity contribution in [2.24, 2.45) is 0 Å². The molecule has 0 aliphatic carbocycles. The summed E-state index contributed by atoms with van der Waals surface area (Å²) in [6, 6.07) is 6.19. The lowest BCUT2D eigenvalue weighted by molar-refractivity contribution is -0.115. The summed E-state index contributed by atoms with van der Waals surface area (Å²) in [6.07, 6.45) is 2.41. The lowest BCUT2D eigenvalue weighted by Crippen LogP contribution is -2.46. The summed E-state index contributed by atoms with van der Waals surface area (Å²) in [7, 11) is 0. The minimum Gasteiger partial charge on any atom is -0.349 e. The van der Waals surface area contributed by atoms with Crippen LogP contribution in [0.5, 0.6) is 0 Å². The fraction of sp³-hybridized carbons (Fsp3) is 0.500. The van der Waals surface area contributed by atoms with Crippen LogP contribution in [-0.4, -0.2) is 36.2 Å². The molecule has 0 spiro atoms. The third-order valence-corrected chi connectivity index (χ3v) is 5.14. The van der Waals surface area contributed by atoms with Crippen LogP contribution in [0.2, 0.25) is 0 Å². The Labute approximate surface area is 134 Å². The summed E-state index contributed by atoms with van der Waals surface area (Å²) in [4.78, 5) is 25.1. The van der Waals surface area contributed by atoms with E-state index in [1.165, 1.54) is 0 Å². The highest BCUT2D eigenvalue weighted by molar-refractivity contribution is 7.99. The van der Waals surface area contributed by atoms with Crippen molar-refractivity contribution in [1.29, 1.82) is 0 Å². The molecule has 118 valence electrons. The first-order chi connectivity index (χ1) is 10.6. The van der Waals surface area contributed by atoms with E-state index in [9.17, 15) is 9.59 Å². The largest absolute Gasteiger partial charge is 0.349 e. The molecule has 0 radical (unpaired) electrons. The second kappa shape index (κ2) is 6.71. The molecule has 6 heteroatoms. The number of benzene rings is 1. The number of fused-ring (bicyclic) bond motifs is 1. The number of thioether (sulfide) groups is 1. The zero-order valence-electron chi connectivity index (χ0n) is 12.6. The van der Waals surface area contributed by atoms with E-state index in [4.69, 9.17) is 0 Å². The number of piperidine rings is 1. The maximum Gasteiger partial charge on any atom is 0.251 e. The van der Waals surface area contributed by atoms with E-state index in [-0.39, 0.29) is 17.9 Å². The summed E-state index contributed by atoms with van der Waals surface area (Å²) >= 11 is 1.65. The van der Waals surface area contributed by atoms with Crippen LogP contribution >= 0.6 is 11.8 Å². The SMILES string of the molecule is CC1CC(NC(=O)c2ccc3c(c2)NC(=O)CCS3)CCN1. The van der Waals surface area contributed by atoms with E-state index in [1.54, 1.807) is 17.8 Å². The van der Waals surface area contributed by atoms with Crippen LogP contribution in [0, 0.1) is 0 Å². The third kappa shape index (κ3) is 3.62. The fourth-order valence-electron chi connectivity index (χ4n) is 2.89. The molecule has 0 bridgehead atoms. The molecule has 2 heterocycles. The molecule has 1 saturated heterocycles. The molecule has 1 aromatic carbocycles. The first kappa shape index (κ1) is 15.4. The van der Waals surface area contributed by atoms with Crippen LogP contribution in [0.3, 0.4) is 0 Å². The standard InChI is InChI=1S/C16H21N3O2S/c1-10-8-12(4-6-17-10)18-16(21)11-2-3-14-13(9-11)19-15(20)5-7-22-14/h2-3,9-10,12,17H,4-8H2,1H3,(H,18,21)(H,19,20). The van der Waals surface area contributed by atoms with Gasteiger partial charge in [-0.3, -0.25) is 9.59 Å². The Morgan fingerprint density at radius 1 is 1.41 bits per heavy atom. The molecular weight excluding hydrogens is 298 g/mol. The number of amides is 2. The van der Waals surface area contributed by atoms with Crippen molar-refractivity contribution < 1.29 is 9.59 Å². The predicted octanol–water partition coefficient (Wildman–Crippen LogP) is 1.99. The first-order valence-corrected chi connectivity index (χ1v) is 8.71. The monoisotopic (exact) mass is 319 g/mol. The van der Waals surface area contributed by atoms with Crippen molar-refractivity contribution in [2.45, 2.75) is 43.2 Å². The summed E-state index contributed by atoms with van der Waals surface area (Å²) < 4.78 is 0. The number of nitrogens with one attached hydrogen (secondary N) is 3. The van der Waals surface area contributed by atoms with Gasteiger partial charge in [-0.1, -0.05) is 0 Å². The van der Waals surface area contributed by atoms with E-state index < -0.39 is 0 Å². The lowest BCUT2D eigenvalue weighted by Gasteiger charge is -2.28. The number of anilines is 1. The smallest absolute Gasteiger partial charge is 0.251 e. The molecule has 2 aliphatic rings. The highest BCUT2D eigenvalue weighted by Gasteiger charge is 2.21. The Balaban J connectivity index is 1.71. The lowest BCUT2D eigenvalue weighted by atomic mass is 10.00.